The molecule has 0 radical (unpaired) electrons. The third kappa shape index (κ3) is 6.06. The maximum absolute atomic E-state index is 12.4. The number of benzene rings is 2. The van der Waals surface area contributed by atoms with Crippen LogP contribution in [0.2, 0.25) is 0 Å². The van der Waals surface area contributed by atoms with Crippen LogP contribution in [0.3, 0.4) is 0 Å². The van der Waals surface area contributed by atoms with Crippen LogP contribution in [0.4, 0.5) is 5.69 Å². The number of ether oxygens (including phenoxy) is 1. The monoisotopic (exact) mass is 391 g/mol. The van der Waals surface area contributed by atoms with Crippen LogP contribution in [0.5, 0.6) is 5.75 Å². The standard InChI is InChI=1S/C19H25N3O4S/c1-22(2)14-6-13-20-27(24,25)16-11-9-15(10-12-16)19(23)21-17-7-4-5-8-18(17)26-3/h4-5,7-12,20H,6,13-14H2,1-3H3,(H,21,23). The van der Waals surface area contributed by atoms with Crippen molar-refractivity contribution in [2.45, 2.75) is 11.3 Å². The highest BCUT2D eigenvalue weighted by molar-refractivity contribution is 7.89. The molecule has 7 nitrogen and oxygen atoms in total. The fourth-order valence-electron chi connectivity index (χ4n) is 2.41. The van der Waals surface area contributed by atoms with Crippen LogP contribution in [-0.4, -0.2) is 53.5 Å². The molecule has 146 valence electrons. The van der Waals surface area contributed by atoms with Crippen LogP contribution in [0.15, 0.2) is 53.4 Å². The summed E-state index contributed by atoms with van der Waals surface area (Å²) in [6.07, 6.45) is 0.714. The second kappa shape index (κ2) is 9.50. The molecule has 0 aliphatic heterocycles. The highest BCUT2D eigenvalue weighted by Crippen LogP contribution is 2.23. The maximum atomic E-state index is 12.4. The Labute approximate surface area is 160 Å². The molecule has 2 N–H and O–H groups in total. The van der Waals surface area contributed by atoms with Gasteiger partial charge in [0.1, 0.15) is 5.75 Å². The minimum absolute atomic E-state index is 0.126. The van der Waals surface area contributed by atoms with E-state index >= 15 is 0 Å². The zero-order valence-corrected chi connectivity index (χ0v) is 16.5. The van der Waals surface area contributed by atoms with Crippen LogP contribution in [0, 0.1) is 0 Å². The molecule has 0 aromatic heterocycles. The van der Waals surface area contributed by atoms with Gasteiger partial charge in [0.2, 0.25) is 10.0 Å². The van der Waals surface area contributed by atoms with Crippen LogP contribution in [0.1, 0.15) is 16.8 Å². The highest BCUT2D eigenvalue weighted by Gasteiger charge is 2.15. The third-order valence-corrected chi connectivity index (χ3v) is 5.33. The quantitative estimate of drug-likeness (QED) is 0.640. The van der Waals surface area contributed by atoms with E-state index in [1.54, 1.807) is 24.3 Å². The van der Waals surface area contributed by atoms with Crippen molar-refractivity contribution in [2.75, 3.05) is 39.6 Å². The van der Waals surface area contributed by atoms with Crippen LogP contribution in [-0.2, 0) is 10.0 Å². The Hall–Kier alpha value is -2.42. The first-order valence-electron chi connectivity index (χ1n) is 8.52. The molecule has 0 bridgehead atoms. The van der Waals surface area contributed by atoms with Gasteiger partial charge in [-0.3, -0.25) is 4.79 Å². The molecule has 1 amide bonds. The summed E-state index contributed by atoms with van der Waals surface area (Å²) in [5.74, 6) is 0.203. The number of amides is 1. The summed E-state index contributed by atoms with van der Waals surface area (Å²) in [6.45, 7) is 1.15. The second-order valence-electron chi connectivity index (χ2n) is 6.23. The molecule has 2 aromatic rings. The summed E-state index contributed by atoms with van der Waals surface area (Å²) in [5.41, 5.74) is 0.900. The summed E-state index contributed by atoms with van der Waals surface area (Å²) in [5, 5.41) is 2.75. The molecular weight excluding hydrogens is 366 g/mol. The zero-order chi connectivity index (χ0) is 19.9. The number of carbonyl (C=O) groups is 1. The molecule has 27 heavy (non-hydrogen) atoms. The van der Waals surface area contributed by atoms with E-state index in [0.29, 0.717) is 30.0 Å². The van der Waals surface area contributed by atoms with Crippen molar-refractivity contribution in [3.05, 3.63) is 54.1 Å². The number of carbonyl (C=O) groups excluding carboxylic acids is 1. The lowest BCUT2D eigenvalue weighted by Gasteiger charge is -2.11. The molecule has 8 heteroatoms. The van der Waals surface area contributed by atoms with E-state index in [4.69, 9.17) is 4.74 Å². The van der Waals surface area contributed by atoms with Gasteiger partial charge < -0.3 is 15.0 Å². The van der Waals surface area contributed by atoms with Gasteiger partial charge in [-0.05, 0) is 63.5 Å². The first-order valence-corrected chi connectivity index (χ1v) is 10.0. The minimum Gasteiger partial charge on any atom is -0.495 e. The van der Waals surface area contributed by atoms with Gasteiger partial charge in [-0.2, -0.15) is 0 Å². The fourth-order valence-corrected chi connectivity index (χ4v) is 3.49. The molecule has 0 fully saturated rings. The van der Waals surface area contributed by atoms with Gasteiger partial charge in [-0.1, -0.05) is 12.1 Å². The normalized spacial score (nSPS) is 11.4. The van der Waals surface area contributed by atoms with E-state index in [1.807, 2.05) is 19.0 Å². The maximum Gasteiger partial charge on any atom is 0.255 e. The largest absolute Gasteiger partial charge is 0.495 e. The van der Waals surface area contributed by atoms with E-state index in [1.165, 1.54) is 31.4 Å². The van der Waals surface area contributed by atoms with Crippen molar-refractivity contribution in [1.29, 1.82) is 0 Å². The van der Waals surface area contributed by atoms with E-state index in [0.717, 1.165) is 6.54 Å². The lowest BCUT2D eigenvalue weighted by atomic mass is 10.2. The molecule has 2 aromatic carbocycles. The van der Waals surface area contributed by atoms with Crippen molar-refractivity contribution in [3.8, 4) is 5.75 Å². The van der Waals surface area contributed by atoms with Gasteiger partial charge in [-0.25, -0.2) is 13.1 Å². The summed E-state index contributed by atoms with van der Waals surface area (Å²) >= 11 is 0. The predicted octanol–water partition coefficient (Wildman–Crippen LogP) is 2.18. The van der Waals surface area contributed by atoms with Crippen molar-refractivity contribution < 1.29 is 17.9 Å². The van der Waals surface area contributed by atoms with Gasteiger partial charge in [0, 0.05) is 12.1 Å². The van der Waals surface area contributed by atoms with Gasteiger partial charge in [0.05, 0.1) is 17.7 Å². The molecular formula is C19H25N3O4S. The molecule has 0 aliphatic carbocycles. The van der Waals surface area contributed by atoms with Crippen molar-refractivity contribution in [3.63, 3.8) is 0 Å². The number of para-hydroxylation sites is 2. The lowest BCUT2D eigenvalue weighted by molar-refractivity contribution is 0.102. The lowest BCUT2D eigenvalue weighted by Crippen LogP contribution is -2.27. The molecule has 0 heterocycles. The first-order chi connectivity index (χ1) is 12.8. The topological polar surface area (TPSA) is 87.7 Å². The number of methoxy groups -OCH3 is 1. The number of hydrogen-bond acceptors (Lipinski definition) is 5. The summed E-state index contributed by atoms with van der Waals surface area (Å²) < 4.78 is 32.3. The number of nitrogens with zero attached hydrogens (tertiary/aromatic N) is 1. The Morgan fingerprint density at radius 3 is 2.37 bits per heavy atom. The SMILES string of the molecule is COc1ccccc1NC(=O)c1ccc(S(=O)(=O)NCCCN(C)C)cc1. The van der Waals surface area contributed by atoms with E-state index < -0.39 is 10.0 Å². The fraction of sp³-hybridized carbons (Fsp3) is 0.316. The van der Waals surface area contributed by atoms with Crippen molar-refractivity contribution in [2.24, 2.45) is 0 Å². The van der Waals surface area contributed by atoms with Crippen LogP contribution >= 0.6 is 0 Å². The average Bonchev–Trinajstić information content (AvgIpc) is 2.65. The first kappa shape index (κ1) is 20.9. The Morgan fingerprint density at radius 1 is 1.07 bits per heavy atom. The smallest absolute Gasteiger partial charge is 0.255 e. The third-order valence-electron chi connectivity index (χ3n) is 3.86. The number of rotatable bonds is 9. The zero-order valence-electron chi connectivity index (χ0n) is 15.7. The Balaban J connectivity index is 2.02. The van der Waals surface area contributed by atoms with E-state index in [9.17, 15) is 13.2 Å². The second-order valence-corrected chi connectivity index (χ2v) is 8.00. The van der Waals surface area contributed by atoms with E-state index in [-0.39, 0.29) is 10.8 Å². The van der Waals surface area contributed by atoms with Crippen LogP contribution < -0.4 is 14.8 Å². The Bertz CT molecular complexity index is 865. The molecule has 0 unspecified atom stereocenters. The molecule has 0 saturated carbocycles. The number of anilines is 1. The van der Waals surface area contributed by atoms with Gasteiger partial charge in [0.25, 0.3) is 5.91 Å². The van der Waals surface area contributed by atoms with Gasteiger partial charge >= 0.3 is 0 Å². The number of sulfonamides is 1. The van der Waals surface area contributed by atoms with Crippen LogP contribution in [0.25, 0.3) is 0 Å². The van der Waals surface area contributed by atoms with E-state index in [2.05, 4.69) is 10.0 Å². The van der Waals surface area contributed by atoms with Gasteiger partial charge in [-0.15, -0.1) is 0 Å². The summed E-state index contributed by atoms with van der Waals surface area (Å²) in [7, 11) is 1.80. The highest BCUT2D eigenvalue weighted by atomic mass is 32.2. The Kier molecular flexibility index (Phi) is 7.35. The molecule has 2 rings (SSSR count). The molecule has 0 saturated heterocycles. The molecule has 0 atom stereocenters. The van der Waals surface area contributed by atoms with Crippen molar-refractivity contribution in [1.82, 2.24) is 9.62 Å². The molecule has 0 aliphatic rings. The predicted molar refractivity (Wildman–Crippen MR) is 106 cm³/mol. The summed E-state index contributed by atoms with van der Waals surface area (Å²) in [4.78, 5) is 14.5. The number of hydrogen-bond donors (Lipinski definition) is 2. The van der Waals surface area contributed by atoms with Gasteiger partial charge in [0.15, 0.2) is 0 Å². The summed E-state index contributed by atoms with van der Waals surface area (Å²) in [6, 6.07) is 12.9. The number of nitrogens with one attached hydrogen (secondary N) is 2. The minimum atomic E-state index is -3.59. The molecule has 0 spiro atoms. The average molecular weight is 391 g/mol. The van der Waals surface area contributed by atoms with Crippen molar-refractivity contribution >= 4 is 21.6 Å². The Morgan fingerprint density at radius 2 is 1.74 bits per heavy atom.